The van der Waals surface area contributed by atoms with Gasteiger partial charge < -0.3 is 5.32 Å². The largest absolute Gasteiger partial charge is 0.322 e. The molecule has 1 aliphatic heterocycles. The Bertz CT molecular complexity index is 1070. The standard InChI is InChI=1S/C24H19IN2O3/c25-13-3-5-14(6-4-13)26-22(28)12-1-7-15(8-2-12)27-23(29)20-16-9-10-17(19-11-18(16)19)21(20)24(27)30/h1-10,16-21H,11H2,(H,26,28)/t16-,17+,18-,19-,20+,21+/m1/s1. The Morgan fingerprint density at radius 3 is 2.00 bits per heavy atom. The predicted octanol–water partition coefficient (Wildman–Crippen LogP) is 4.10. The number of benzene rings is 2. The third-order valence-corrected chi connectivity index (χ3v) is 7.87. The molecule has 5 aliphatic rings. The molecule has 4 aliphatic carbocycles. The molecule has 0 radical (unpaired) electrons. The van der Waals surface area contributed by atoms with Gasteiger partial charge in [-0.2, -0.15) is 0 Å². The van der Waals surface area contributed by atoms with Gasteiger partial charge in [0.2, 0.25) is 11.8 Å². The third kappa shape index (κ3) is 2.62. The van der Waals surface area contributed by atoms with E-state index in [0.29, 0.717) is 23.1 Å². The van der Waals surface area contributed by atoms with Crippen LogP contribution in [0.3, 0.4) is 0 Å². The lowest BCUT2D eigenvalue weighted by Gasteiger charge is -2.37. The predicted molar refractivity (Wildman–Crippen MR) is 121 cm³/mol. The Morgan fingerprint density at radius 2 is 1.43 bits per heavy atom. The maximum Gasteiger partial charge on any atom is 0.255 e. The normalized spacial score (nSPS) is 32.8. The van der Waals surface area contributed by atoms with Crippen LogP contribution < -0.4 is 10.2 Å². The number of halogens is 1. The number of hydrogen-bond donors (Lipinski definition) is 1. The fourth-order valence-corrected chi connectivity index (χ4v) is 6.07. The van der Waals surface area contributed by atoms with E-state index < -0.39 is 0 Å². The lowest BCUT2D eigenvalue weighted by atomic mass is 9.63. The average molecular weight is 510 g/mol. The molecule has 30 heavy (non-hydrogen) atoms. The van der Waals surface area contributed by atoms with Crippen molar-refractivity contribution >= 4 is 51.7 Å². The van der Waals surface area contributed by atoms with E-state index in [-0.39, 0.29) is 41.4 Å². The number of nitrogens with zero attached hydrogens (tertiary/aromatic N) is 1. The van der Waals surface area contributed by atoms with Crippen LogP contribution in [-0.2, 0) is 9.59 Å². The molecule has 0 aromatic heterocycles. The molecule has 150 valence electrons. The summed E-state index contributed by atoms with van der Waals surface area (Å²) in [5.41, 5.74) is 1.76. The highest BCUT2D eigenvalue weighted by molar-refractivity contribution is 14.1. The molecule has 7 rings (SSSR count). The second-order valence-corrected chi connectivity index (χ2v) is 9.92. The molecule has 3 fully saturated rings. The molecule has 1 N–H and O–H groups in total. The van der Waals surface area contributed by atoms with E-state index in [1.807, 2.05) is 24.3 Å². The van der Waals surface area contributed by atoms with E-state index in [1.54, 1.807) is 24.3 Å². The first-order chi connectivity index (χ1) is 14.5. The summed E-state index contributed by atoms with van der Waals surface area (Å²) in [4.78, 5) is 40.3. The van der Waals surface area contributed by atoms with Crippen molar-refractivity contribution in [2.24, 2.45) is 35.5 Å². The Balaban J connectivity index is 1.23. The number of imide groups is 1. The molecule has 0 unspecified atom stereocenters. The van der Waals surface area contributed by atoms with Crippen molar-refractivity contribution in [1.82, 2.24) is 0 Å². The smallest absolute Gasteiger partial charge is 0.255 e. The minimum absolute atomic E-state index is 0.0780. The highest BCUT2D eigenvalue weighted by Crippen LogP contribution is 2.65. The summed E-state index contributed by atoms with van der Waals surface area (Å²) in [5.74, 6) is 0.807. The molecular formula is C24H19IN2O3. The molecule has 1 saturated heterocycles. The number of carbonyl (C=O) groups excluding carboxylic acids is 3. The zero-order valence-electron chi connectivity index (χ0n) is 16.0. The second-order valence-electron chi connectivity index (χ2n) is 8.67. The highest BCUT2D eigenvalue weighted by atomic mass is 127. The van der Waals surface area contributed by atoms with Crippen molar-refractivity contribution < 1.29 is 14.4 Å². The molecule has 6 heteroatoms. The van der Waals surface area contributed by atoms with Crippen LogP contribution in [0.2, 0.25) is 0 Å². The first-order valence-electron chi connectivity index (χ1n) is 10.3. The topological polar surface area (TPSA) is 66.5 Å². The van der Waals surface area contributed by atoms with Crippen LogP contribution in [0.15, 0.2) is 60.7 Å². The Kier molecular flexibility index (Phi) is 3.97. The molecule has 2 aromatic carbocycles. The van der Waals surface area contributed by atoms with Crippen LogP contribution in [0.1, 0.15) is 16.8 Å². The van der Waals surface area contributed by atoms with Gasteiger partial charge in [-0.05, 0) is 101 Å². The van der Waals surface area contributed by atoms with Crippen molar-refractivity contribution in [3.8, 4) is 0 Å². The minimum Gasteiger partial charge on any atom is -0.322 e. The van der Waals surface area contributed by atoms with Crippen molar-refractivity contribution in [3.05, 3.63) is 69.8 Å². The molecule has 3 amide bonds. The van der Waals surface area contributed by atoms with Crippen LogP contribution in [0, 0.1) is 39.1 Å². The van der Waals surface area contributed by atoms with Crippen molar-refractivity contribution in [1.29, 1.82) is 0 Å². The fraction of sp³-hybridized carbons (Fsp3) is 0.292. The highest BCUT2D eigenvalue weighted by Gasteiger charge is 2.67. The average Bonchev–Trinajstić information content (AvgIpc) is 3.53. The van der Waals surface area contributed by atoms with Gasteiger partial charge in [-0.25, -0.2) is 0 Å². The molecule has 5 nitrogen and oxygen atoms in total. The minimum atomic E-state index is -0.224. The summed E-state index contributed by atoms with van der Waals surface area (Å²) < 4.78 is 1.09. The van der Waals surface area contributed by atoms with Crippen LogP contribution in [0.5, 0.6) is 0 Å². The first kappa shape index (κ1) is 18.3. The van der Waals surface area contributed by atoms with Crippen molar-refractivity contribution in [2.75, 3.05) is 10.2 Å². The maximum absolute atomic E-state index is 13.2. The Morgan fingerprint density at radius 1 is 0.867 bits per heavy atom. The van der Waals surface area contributed by atoms with Crippen molar-refractivity contribution in [3.63, 3.8) is 0 Å². The molecule has 2 bridgehead atoms. The quantitative estimate of drug-likeness (QED) is 0.384. The van der Waals surface area contributed by atoms with Gasteiger partial charge in [-0.15, -0.1) is 0 Å². The van der Waals surface area contributed by atoms with Gasteiger partial charge in [0.15, 0.2) is 0 Å². The molecular weight excluding hydrogens is 491 g/mol. The zero-order valence-corrected chi connectivity index (χ0v) is 18.2. The SMILES string of the molecule is O=C(Nc1ccc(I)cc1)c1ccc(N2C(=O)[C@H]3[C@@H]4C=C[C@@H]([C@H]5C[C@H]45)[C@@H]3C2=O)cc1. The second kappa shape index (κ2) is 6.51. The number of nitrogens with one attached hydrogen (secondary N) is 1. The maximum atomic E-state index is 13.2. The Hall–Kier alpha value is -2.48. The number of rotatable bonds is 3. The van der Waals surface area contributed by atoms with Gasteiger partial charge in [-0.3, -0.25) is 19.3 Å². The monoisotopic (exact) mass is 510 g/mol. The summed E-state index contributed by atoms with van der Waals surface area (Å²) in [5, 5.41) is 2.86. The van der Waals surface area contributed by atoms with Crippen LogP contribution in [0.4, 0.5) is 11.4 Å². The van der Waals surface area contributed by atoms with Crippen LogP contribution >= 0.6 is 22.6 Å². The van der Waals surface area contributed by atoms with Crippen molar-refractivity contribution in [2.45, 2.75) is 6.42 Å². The van der Waals surface area contributed by atoms with Gasteiger partial charge >= 0.3 is 0 Å². The summed E-state index contributed by atoms with van der Waals surface area (Å²) >= 11 is 2.21. The van der Waals surface area contributed by atoms with E-state index in [0.717, 1.165) is 15.7 Å². The first-order valence-corrected chi connectivity index (χ1v) is 11.3. The van der Waals surface area contributed by atoms with Gasteiger partial charge in [0.05, 0.1) is 17.5 Å². The number of hydrogen-bond acceptors (Lipinski definition) is 3. The number of amides is 3. The number of allylic oxidation sites excluding steroid dienone is 2. The molecule has 2 aromatic rings. The zero-order chi connectivity index (χ0) is 20.6. The van der Waals surface area contributed by atoms with E-state index in [9.17, 15) is 14.4 Å². The molecule has 6 atom stereocenters. The molecule has 1 heterocycles. The fourth-order valence-electron chi connectivity index (χ4n) is 5.71. The molecule has 2 saturated carbocycles. The summed E-state index contributed by atoms with van der Waals surface area (Å²) in [6.07, 6.45) is 5.50. The van der Waals surface area contributed by atoms with Crippen LogP contribution in [-0.4, -0.2) is 17.7 Å². The summed E-state index contributed by atoms with van der Waals surface area (Å²) in [6.45, 7) is 0. The van der Waals surface area contributed by atoms with Gasteiger partial charge in [0, 0.05) is 14.8 Å². The van der Waals surface area contributed by atoms with E-state index in [4.69, 9.17) is 0 Å². The summed E-state index contributed by atoms with van der Waals surface area (Å²) in [6, 6.07) is 14.3. The van der Waals surface area contributed by atoms with Gasteiger partial charge in [-0.1, -0.05) is 12.2 Å². The van der Waals surface area contributed by atoms with Gasteiger partial charge in [0.25, 0.3) is 5.91 Å². The van der Waals surface area contributed by atoms with Gasteiger partial charge in [0.1, 0.15) is 0 Å². The lowest BCUT2D eigenvalue weighted by molar-refractivity contribution is -0.124. The van der Waals surface area contributed by atoms with E-state index in [1.165, 1.54) is 4.90 Å². The lowest BCUT2D eigenvalue weighted by Crippen LogP contribution is -2.40. The molecule has 0 spiro atoms. The van der Waals surface area contributed by atoms with E-state index >= 15 is 0 Å². The Labute approximate surface area is 187 Å². The third-order valence-electron chi connectivity index (χ3n) is 7.15. The van der Waals surface area contributed by atoms with E-state index in [2.05, 4.69) is 40.1 Å². The van der Waals surface area contributed by atoms with Crippen LogP contribution in [0.25, 0.3) is 0 Å². The number of anilines is 2. The summed E-state index contributed by atoms with van der Waals surface area (Å²) in [7, 11) is 0. The number of carbonyl (C=O) groups is 3.